The van der Waals surface area contributed by atoms with Crippen molar-refractivity contribution in [3.05, 3.63) is 58.1 Å². The fraction of sp³-hybridized carbons (Fsp3) is 0.409. The molecule has 9 heteroatoms. The third-order valence-electron chi connectivity index (χ3n) is 5.28. The van der Waals surface area contributed by atoms with Gasteiger partial charge in [-0.05, 0) is 43.2 Å². The summed E-state index contributed by atoms with van der Waals surface area (Å²) in [4.78, 5) is 14.8. The molecule has 0 aromatic heterocycles. The lowest BCUT2D eigenvalue weighted by molar-refractivity contribution is 0.0905. The van der Waals surface area contributed by atoms with Gasteiger partial charge in [0.2, 0.25) is 0 Å². The first-order valence-electron chi connectivity index (χ1n) is 10.2. The predicted molar refractivity (Wildman–Crippen MR) is 123 cm³/mol. The maximum atomic E-state index is 12.4. The second-order valence-electron chi connectivity index (χ2n) is 7.42. The summed E-state index contributed by atoms with van der Waals surface area (Å²) in [7, 11) is -3.34. The van der Waals surface area contributed by atoms with Gasteiger partial charge in [0.05, 0.1) is 20.7 Å². The molecule has 0 saturated carbocycles. The molecule has 0 aliphatic carbocycles. The lowest BCUT2D eigenvalue weighted by atomic mass is 10.1. The number of piperidine rings is 1. The van der Waals surface area contributed by atoms with Crippen LogP contribution in [0.15, 0.2) is 47.4 Å². The Morgan fingerprint density at radius 1 is 1.13 bits per heavy atom. The zero-order chi connectivity index (χ0) is 22.4. The monoisotopic (exact) mass is 484 g/mol. The SMILES string of the molecule is CCS(=O)(=O)c1cccc(C(=O)NCCN2CCC(Oc3ccc(Cl)c(Cl)c3)CC2)c1. The van der Waals surface area contributed by atoms with Crippen LogP contribution < -0.4 is 10.1 Å². The van der Waals surface area contributed by atoms with Crippen LogP contribution in [0.25, 0.3) is 0 Å². The molecule has 168 valence electrons. The molecule has 2 aromatic rings. The average Bonchev–Trinajstić information content (AvgIpc) is 2.77. The van der Waals surface area contributed by atoms with Crippen LogP contribution in [-0.4, -0.2) is 57.3 Å². The lowest BCUT2D eigenvalue weighted by Crippen LogP contribution is -2.42. The van der Waals surface area contributed by atoms with Crippen molar-refractivity contribution >= 4 is 38.9 Å². The number of ether oxygens (including phenoxy) is 1. The zero-order valence-corrected chi connectivity index (χ0v) is 19.6. The summed E-state index contributed by atoms with van der Waals surface area (Å²) >= 11 is 12.0. The van der Waals surface area contributed by atoms with E-state index in [4.69, 9.17) is 27.9 Å². The summed E-state index contributed by atoms with van der Waals surface area (Å²) in [6, 6.07) is 11.4. The molecule has 1 fully saturated rings. The van der Waals surface area contributed by atoms with E-state index in [-0.39, 0.29) is 22.7 Å². The number of nitrogens with one attached hydrogen (secondary N) is 1. The van der Waals surface area contributed by atoms with Gasteiger partial charge in [-0.1, -0.05) is 36.2 Å². The molecule has 1 aliphatic heterocycles. The van der Waals surface area contributed by atoms with Crippen LogP contribution in [0, 0.1) is 0 Å². The van der Waals surface area contributed by atoms with Gasteiger partial charge in [0.25, 0.3) is 5.91 Å². The van der Waals surface area contributed by atoms with Gasteiger partial charge in [-0.25, -0.2) is 8.42 Å². The molecule has 1 heterocycles. The molecule has 1 saturated heterocycles. The van der Waals surface area contributed by atoms with Crippen molar-refractivity contribution in [1.82, 2.24) is 10.2 Å². The predicted octanol–water partition coefficient (Wildman–Crippen LogP) is 4.06. The highest BCUT2D eigenvalue weighted by molar-refractivity contribution is 7.91. The highest BCUT2D eigenvalue weighted by Crippen LogP contribution is 2.28. The number of carbonyl (C=O) groups excluding carboxylic acids is 1. The number of likely N-dealkylation sites (tertiary alicyclic amines) is 1. The number of amides is 1. The van der Waals surface area contributed by atoms with Crippen molar-refractivity contribution in [3.8, 4) is 5.75 Å². The van der Waals surface area contributed by atoms with Gasteiger partial charge in [0.1, 0.15) is 11.9 Å². The molecule has 31 heavy (non-hydrogen) atoms. The van der Waals surface area contributed by atoms with Gasteiger partial charge in [0.15, 0.2) is 9.84 Å². The van der Waals surface area contributed by atoms with Crippen molar-refractivity contribution < 1.29 is 17.9 Å². The molecule has 0 bridgehead atoms. The number of halogens is 2. The molecule has 1 amide bonds. The van der Waals surface area contributed by atoms with Gasteiger partial charge in [0, 0.05) is 37.8 Å². The van der Waals surface area contributed by atoms with Crippen LogP contribution in [0.2, 0.25) is 10.0 Å². The molecule has 0 radical (unpaired) electrons. The first-order chi connectivity index (χ1) is 14.8. The van der Waals surface area contributed by atoms with Crippen LogP contribution in [0.4, 0.5) is 0 Å². The summed E-state index contributed by atoms with van der Waals surface area (Å²) in [5.74, 6) is 0.446. The van der Waals surface area contributed by atoms with E-state index in [1.165, 1.54) is 12.1 Å². The first kappa shape index (κ1) is 23.9. The van der Waals surface area contributed by atoms with E-state index < -0.39 is 9.84 Å². The Labute approximate surface area is 193 Å². The Morgan fingerprint density at radius 2 is 1.87 bits per heavy atom. The minimum Gasteiger partial charge on any atom is -0.490 e. The van der Waals surface area contributed by atoms with E-state index in [9.17, 15) is 13.2 Å². The van der Waals surface area contributed by atoms with Gasteiger partial charge in [-0.2, -0.15) is 0 Å². The second kappa shape index (κ2) is 10.7. The highest BCUT2D eigenvalue weighted by atomic mass is 35.5. The third kappa shape index (κ3) is 6.59. The zero-order valence-electron chi connectivity index (χ0n) is 17.3. The van der Waals surface area contributed by atoms with Crippen molar-refractivity contribution in [2.24, 2.45) is 0 Å². The molecule has 2 aromatic carbocycles. The Morgan fingerprint density at radius 3 is 2.55 bits per heavy atom. The molecule has 1 aliphatic rings. The van der Waals surface area contributed by atoms with Crippen molar-refractivity contribution in [2.45, 2.75) is 30.8 Å². The molecule has 0 spiro atoms. The van der Waals surface area contributed by atoms with Crippen molar-refractivity contribution in [3.63, 3.8) is 0 Å². The number of sulfone groups is 1. The maximum Gasteiger partial charge on any atom is 0.251 e. The fourth-order valence-electron chi connectivity index (χ4n) is 3.42. The minimum absolute atomic E-state index is 0.00278. The Hall–Kier alpha value is -1.80. The quantitative estimate of drug-likeness (QED) is 0.611. The van der Waals surface area contributed by atoms with E-state index >= 15 is 0 Å². The Balaban J connectivity index is 1.42. The first-order valence-corrected chi connectivity index (χ1v) is 12.6. The van der Waals surface area contributed by atoms with Crippen LogP contribution in [0.3, 0.4) is 0 Å². The fourth-order valence-corrected chi connectivity index (χ4v) is 4.63. The molecule has 1 N–H and O–H groups in total. The van der Waals surface area contributed by atoms with E-state index in [1.807, 2.05) is 6.07 Å². The number of hydrogen-bond acceptors (Lipinski definition) is 5. The number of rotatable bonds is 8. The van der Waals surface area contributed by atoms with Crippen molar-refractivity contribution in [2.75, 3.05) is 31.9 Å². The van der Waals surface area contributed by atoms with Crippen LogP contribution in [0.1, 0.15) is 30.1 Å². The van der Waals surface area contributed by atoms with Gasteiger partial charge in [-0.3, -0.25) is 4.79 Å². The molecular weight excluding hydrogens is 459 g/mol. The highest BCUT2D eigenvalue weighted by Gasteiger charge is 2.21. The lowest BCUT2D eigenvalue weighted by Gasteiger charge is -2.32. The summed E-state index contributed by atoms with van der Waals surface area (Å²) in [6.07, 6.45) is 1.88. The summed E-state index contributed by atoms with van der Waals surface area (Å²) in [6.45, 7) is 4.53. The normalized spacial score (nSPS) is 15.6. The largest absolute Gasteiger partial charge is 0.490 e. The molecular formula is C22H26Cl2N2O4S. The average molecular weight is 485 g/mol. The third-order valence-corrected chi connectivity index (χ3v) is 7.75. The molecule has 0 unspecified atom stereocenters. The number of carbonyl (C=O) groups is 1. The standard InChI is InChI=1S/C22H26Cl2N2O4S/c1-2-31(28,29)19-5-3-4-16(14-19)22(27)25-10-13-26-11-8-17(9-12-26)30-18-6-7-20(23)21(24)15-18/h3-7,14-15,17H,2,8-13H2,1H3,(H,25,27). The second-order valence-corrected chi connectivity index (χ2v) is 10.5. The topological polar surface area (TPSA) is 75.7 Å². The van der Waals surface area contributed by atoms with Gasteiger partial charge in [-0.15, -0.1) is 0 Å². The summed E-state index contributed by atoms with van der Waals surface area (Å²) < 4.78 is 30.0. The van der Waals surface area contributed by atoms with Gasteiger partial charge < -0.3 is 15.0 Å². The molecule has 6 nitrogen and oxygen atoms in total. The number of benzene rings is 2. The summed E-state index contributed by atoms with van der Waals surface area (Å²) in [5, 5.41) is 3.85. The minimum atomic E-state index is -3.34. The van der Waals surface area contributed by atoms with Crippen molar-refractivity contribution in [1.29, 1.82) is 0 Å². The molecule has 0 atom stereocenters. The van der Waals surface area contributed by atoms with Gasteiger partial charge >= 0.3 is 0 Å². The smallest absolute Gasteiger partial charge is 0.251 e. The van der Waals surface area contributed by atoms with E-state index in [1.54, 1.807) is 31.2 Å². The van der Waals surface area contributed by atoms with E-state index in [2.05, 4.69) is 10.2 Å². The Bertz CT molecular complexity index is 1020. The summed E-state index contributed by atoms with van der Waals surface area (Å²) in [5.41, 5.74) is 0.350. The van der Waals surface area contributed by atoms with Crippen LogP contribution in [0.5, 0.6) is 5.75 Å². The van der Waals surface area contributed by atoms with E-state index in [0.29, 0.717) is 27.9 Å². The molecule has 3 rings (SSSR count). The van der Waals surface area contributed by atoms with Crippen LogP contribution >= 0.6 is 23.2 Å². The van der Waals surface area contributed by atoms with Crippen LogP contribution in [-0.2, 0) is 9.84 Å². The maximum absolute atomic E-state index is 12.4. The number of nitrogens with zero attached hydrogens (tertiary/aromatic N) is 1. The van der Waals surface area contributed by atoms with E-state index in [0.717, 1.165) is 32.5 Å². The number of hydrogen-bond donors (Lipinski definition) is 1. The Kier molecular flexibility index (Phi) is 8.22.